The van der Waals surface area contributed by atoms with Gasteiger partial charge in [-0.05, 0) is 13.0 Å². The van der Waals surface area contributed by atoms with Crippen molar-refractivity contribution < 1.29 is 13.2 Å². The van der Waals surface area contributed by atoms with Gasteiger partial charge >= 0.3 is 6.18 Å². The highest BCUT2D eigenvalue weighted by molar-refractivity contribution is 7.18. The van der Waals surface area contributed by atoms with Gasteiger partial charge in [0.1, 0.15) is 11.2 Å². The molecule has 0 amide bonds. The maximum atomic E-state index is 12.1. The van der Waals surface area contributed by atoms with Gasteiger partial charge in [-0.25, -0.2) is 9.97 Å². The van der Waals surface area contributed by atoms with Gasteiger partial charge in [0.2, 0.25) is 0 Å². The lowest BCUT2D eigenvalue weighted by molar-refractivity contribution is -0.126. The second kappa shape index (κ2) is 3.44. The van der Waals surface area contributed by atoms with Crippen molar-refractivity contribution in [3.8, 4) is 0 Å². The van der Waals surface area contributed by atoms with Crippen LogP contribution in [-0.2, 0) is 6.42 Å². The Bertz CT molecular complexity index is 490. The lowest BCUT2D eigenvalue weighted by Gasteiger charge is -2.01. The summed E-state index contributed by atoms with van der Waals surface area (Å²) in [5.41, 5.74) is 0.713. The number of aryl methyl sites for hydroxylation is 1. The van der Waals surface area contributed by atoms with Gasteiger partial charge in [-0.1, -0.05) is 0 Å². The van der Waals surface area contributed by atoms with E-state index in [2.05, 4.69) is 9.97 Å². The molecule has 2 nitrogen and oxygen atoms in total. The average molecular weight is 232 g/mol. The third-order valence-electron chi connectivity index (χ3n) is 1.95. The molecular formula is C9H7F3N2S. The Morgan fingerprint density at radius 1 is 1.33 bits per heavy atom. The number of halogens is 3. The summed E-state index contributed by atoms with van der Waals surface area (Å²) >= 11 is 1.07. The molecule has 0 unspecified atom stereocenters. The molecule has 2 aromatic heterocycles. The highest BCUT2D eigenvalue weighted by Gasteiger charge is 2.28. The summed E-state index contributed by atoms with van der Waals surface area (Å²) in [6, 6.07) is 1.52. The minimum Gasteiger partial charge on any atom is -0.241 e. The Morgan fingerprint density at radius 3 is 2.67 bits per heavy atom. The summed E-state index contributed by atoms with van der Waals surface area (Å²) in [5.74, 6) is 0. The first-order valence-electron chi connectivity index (χ1n) is 4.22. The van der Waals surface area contributed by atoms with Crippen LogP contribution in [0.5, 0.6) is 0 Å². The largest absolute Gasteiger partial charge is 0.393 e. The van der Waals surface area contributed by atoms with E-state index in [1.54, 1.807) is 6.92 Å². The van der Waals surface area contributed by atoms with Crippen LogP contribution in [0.25, 0.3) is 10.2 Å². The standard InChI is InChI=1S/C9H7F3N2S/c1-5-7-2-6(3-9(10,11)12)15-8(7)14-4-13-5/h2,4H,3H2,1H3. The van der Waals surface area contributed by atoms with E-state index in [4.69, 9.17) is 0 Å². The van der Waals surface area contributed by atoms with Crippen molar-refractivity contribution >= 4 is 21.6 Å². The Labute approximate surface area is 87.8 Å². The quantitative estimate of drug-likeness (QED) is 0.755. The number of aromatic nitrogens is 2. The molecule has 0 aliphatic rings. The van der Waals surface area contributed by atoms with Crippen molar-refractivity contribution in [3.05, 3.63) is 23.0 Å². The molecule has 0 saturated heterocycles. The minimum absolute atomic E-state index is 0.279. The SMILES string of the molecule is Cc1ncnc2sc(CC(F)(F)F)cc12. The van der Waals surface area contributed by atoms with E-state index >= 15 is 0 Å². The smallest absolute Gasteiger partial charge is 0.241 e. The molecule has 6 heteroatoms. The Balaban J connectivity index is 2.44. The minimum atomic E-state index is -4.16. The molecule has 0 fully saturated rings. The maximum Gasteiger partial charge on any atom is 0.393 e. The number of hydrogen-bond acceptors (Lipinski definition) is 3. The van der Waals surface area contributed by atoms with Gasteiger partial charge in [0.05, 0.1) is 6.42 Å². The molecular weight excluding hydrogens is 225 g/mol. The molecule has 0 aliphatic heterocycles. The van der Waals surface area contributed by atoms with Crippen LogP contribution < -0.4 is 0 Å². The Hall–Kier alpha value is -1.17. The van der Waals surface area contributed by atoms with Crippen molar-refractivity contribution in [3.63, 3.8) is 0 Å². The van der Waals surface area contributed by atoms with Gasteiger partial charge in [0.25, 0.3) is 0 Å². The number of alkyl halides is 3. The van der Waals surface area contributed by atoms with Gasteiger partial charge < -0.3 is 0 Å². The van der Waals surface area contributed by atoms with Gasteiger partial charge in [-0.2, -0.15) is 13.2 Å². The topological polar surface area (TPSA) is 25.8 Å². The fourth-order valence-corrected chi connectivity index (χ4v) is 2.39. The average Bonchev–Trinajstić information content (AvgIpc) is 2.45. The number of hydrogen-bond donors (Lipinski definition) is 0. The zero-order valence-corrected chi connectivity index (χ0v) is 8.61. The normalized spacial score (nSPS) is 12.3. The van der Waals surface area contributed by atoms with E-state index in [1.807, 2.05) is 0 Å². The molecule has 80 valence electrons. The number of rotatable bonds is 1. The molecule has 0 aliphatic carbocycles. The van der Waals surface area contributed by atoms with E-state index < -0.39 is 12.6 Å². The van der Waals surface area contributed by atoms with Gasteiger partial charge in [-0.3, -0.25) is 0 Å². The number of nitrogens with zero attached hydrogens (tertiary/aromatic N) is 2. The molecule has 0 spiro atoms. The zero-order chi connectivity index (χ0) is 11.1. The fraction of sp³-hybridized carbons (Fsp3) is 0.333. The van der Waals surface area contributed by atoms with Crippen molar-refractivity contribution in [1.82, 2.24) is 9.97 Å². The summed E-state index contributed by atoms with van der Waals surface area (Å²) in [5, 5.41) is 0.710. The van der Waals surface area contributed by atoms with Crippen LogP contribution in [0.4, 0.5) is 13.2 Å². The first-order valence-corrected chi connectivity index (χ1v) is 5.04. The molecule has 0 saturated carbocycles. The molecule has 0 aromatic carbocycles. The molecule has 15 heavy (non-hydrogen) atoms. The maximum absolute atomic E-state index is 12.1. The molecule has 0 atom stereocenters. The van der Waals surface area contributed by atoms with Crippen molar-refractivity contribution in [1.29, 1.82) is 0 Å². The molecule has 2 heterocycles. The van der Waals surface area contributed by atoms with Crippen LogP contribution in [0.1, 0.15) is 10.6 Å². The third-order valence-corrected chi connectivity index (χ3v) is 3.00. The van der Waals surface area contributed by atoms with Crippen LogP contribution in [0.2, 0.25) is 0 Å². The highest BCUT2D eigenvalue weighted by Crippen LogP contribution is 2.30. The van der Waals surface area contributed by atoms with E-state index in [1.165, 1.54) is 12.4 Å². The lowest BCUT2D eigenvalue weighted by atomic mass is 10.2. The second-order valence-corrected chi connectivity index (χ2v) is 4.30. The first-order chi connectivity index (χ1) is 6.96. The van der Waals surface area contributed by atoms with Gasteiger partial charge in [0.15, 0.2) is 0 Å². The van der Waals surface area contributed by atoms with Gasteiger partial charge in [0, 0.05) is 16.0 Å². The molecule has 2 aromatic rings. The van der Waals surface area contributed by atoms with Crippen molar-refractivity contribution in [2.24, 2.45) is 0 Å². The number of thiophene rings is 1. The summed E-state index contributed by atoms with van der Waals surface area (Å²) in [7, 11) is 0. The predicted octanol–water partition coefficient (Wildman–Crippen LogP) is 3.10. The summed E-state index contributed by atoms with van der Waals surface area (Å²) < 4.78 is 36.4. The second-order valence-electron chi connectivity index (χ2n) is 3.18. The monoisotopic (exact) mass is 232 g/mol. The molecule has 0 radical (unpaired) electrons. The predicted molar refractivity (Wildman–Crippen MR) is 51.9 cm³/mol. The van der Waals surface area contributed by atoms with Crippen molar-refractivity contribution in [2.75, 3.05) is 0 Å². The van der Waals surface area contributed by atoms with Crippen LogP contribution in [0.3, 0.4) is 0 Å². The van der Waals surface area contributed by atoms with Crippen LogP contribution in [0, 0.1) is 6.92 Å². The Kier molecular flexibility index (Phi) is 2.38. The van der Waals surface area contributed by atoms with E-state index in [0.29, 0.717) is 15.9 Å². The fourth-order valence-electron chi connectivity index (χ4n) is 1.31. The van der Waals surface area contributed by atoms with Crippen LogP contribution in [0.15, 0.2) is 12.4 Å². The van der Waals surface area contributed by atoms with Crippen molar-refractivity contribution in [2.45, 2.75) is 19.5 Å². The number of fused-ring (bicyclic) bond motifs is 1. The molecule has 0 bridgehead atoms. The summed E-state index contributed by atoms with van der Waals surface area (Å²) in [6.07, 6.45) is -3.69. The van der Waals surface area contributed by atoms with E-state index in [-0.39, 0.29) is 4.88 Å². The molecule has 2 rings (SSSR count). The highest BCUT2D eigenvalue weighted by atomic mass is 32.1. The van der Waals surface area contributed by atoms with E-state index in [9.17, 15) is 13.2 Å². The third kappa shape index (κ3) is 2.26. The van der Waals surface area contributed by atoms with E-state index in [0.717, 1.165) is 11.3 Å². The van der Waals surface area contributed by atoms with Crippen LogP contribution >= 0.6 is 11.3 Å². The van der Waals surface area contributed by atoms with Crippen LogP contribution in [-0.4, -0.2) is 16.1 Å². The summed E-state index contributed by atoms with van der Waals surface area (Å²) in [4.78, 5) is 8.76. The van der Waals surface area contributed by atoms with Gasteiger partial charge in [-0.15, -0.1) is 11.3 Å². The lowest BCUT2D eigenvalue weighted by Crippen LogP contribution is -2.09. The zero-order valence-electron chi connectivity index (χ0n) is 7.80. The molecule has 0 N–H and O–H groups in total. The Morgan fingerprint density at radius 2 is 2.07 bits per heavy atom. The summed E-state index contributed by atoms with van der Waals surface area (Å²) in [6.45, 7) is 1.76. The first kappa shape index (κ1) is 10.4.